The van der Waals surface area contributed by atoms with Crippen molar-refractivity contribution in [2.24, 2.45) is 11.8 Å². The fourth-order valence-corrected chi connectivity index (χ4v) is 3.62. The van der Waals surface area contributed by atoms with Gasteiger partial charge in [0, 0.05) is 27.2 Å². The van der Waals surface area contributed by atoms with Gasteiger partial charge in [0.1, 0.15) is 12.6 Å². The van der Waals surface area contributed by atoms with Crippen LogP contribution in [0, 0.1) is 11.8 Å². The Balaban J connectivity index is 2.74. The van der Waals surface area contributed by atoms with Crippen LogP contribution in [0.4, 0.5) is 0 Å². The zero-order valence-electron chi connectivity index (χ0n) is 19.0. The van der Waals surface area contributed by atoms with E-state index >= 15 is 0 Å². The average Bonchev–Trinajstić information content (AvgIpc) is 2.70. The standard InChI is InChI=1S/C20H33N3O8S/c1-10-11(2)18(20(30-14(5)26)31-16(10)9-29-13(4)25)22-17(27)8-6-7-15(19(28)23-32)21-12(3)24/h10-11,15-16,18,20,32H,6-9H2,1-5H3,(H,21,24)(H,22,27)(H,23,28). The maximum absolute atomic E-state index is 12.6. The van der Waals surface area contributed by atoms with Crippen LogP contribution in [0.25, 0.3) is 0 Å². The van der Waals surface area contributed by atoms with Crippen LogP contribution in [-0.2, 0) is 38.2 Å². The number of hydrogen-bond acceptors (Lipinski definition) is 9. The third-order valence-corrected chi connectivity index (χ3v) is 5.57. The summed E-state index contributed by atoms with van der Waals surface area (Å²) in [7, 11) is 0. The third kappa shape index (κ3) is 9.03. The topological polar surface area (TPSA) is 149 Å². The summed E-state index contributed by atoms with van der Waals surface area (Å²) in [5.74, 6) is -2.43. The van der Waals surface area contributed by atoms with E-state index in [1.807, 2.05) is 13.8 Å². The number of thiol groups is 1. The first-order valence-corrected chi connectivity index (χ1v) is 10.9. The van der Waals surface area contributed by atoms with E-state index in [4.69, 9.17) is 14.2 Å². The first-order chi connectivity index (χ1) is 15.0. The highest BCUT2D eigenvalue weighted by atomic mass is 32.1. The number of carbonyl (C=O) groups is 5. The molecule has 11 nitrogen and oxygen atoms in total. The molecule has 3 amide bonds. The second kappa shape index (κ2) is 13.3. The molecule has 1 aliphatic rings. The SMILES string of the molecule is CC(=O)NC(CCCC(=O)NC1C(OC(C)=O)OC(COC(C)=O)C(C)C1C)C(=O)NS. The fraction of sp³-hybridized carbons (Fsp3) is 0.750. The van der Waals surface area contributed by atoms with E-state index < -0.39 is 42.3 Å². The van der Waals surface area contributed by atoms with Gasteiger partial charge in [0.25, 0.3) is 5.91 Å². The van der Waals surface area contributed by atoms with Gasteiger partial charge in [-0.25, -0.2) is 0 Å². The van der Waals surface area contributed by atoms with Crippen LogP contribution in [-0.4, -0.2) is 60.7 Å². The quantitative estimate of drug-likeness (QED) is 0.259. The highest BCUT2D eigenvalue weighted by Crippen LogP contribution is 2.32. The monoisotopic (exact) mass is 475 g/mol. The maximum atomic E-state index is 12.6. The van der Waals surface area contributed by atoms with Gasteiger partial charge in [-0.15, -0.1) is 0 Å². The van der Waals surface area contributed by atoms with Crippen LogP contribution in [0.1, 0.15) is 53.9 Å². The Labute approximate surface area is 193 Å². The summed E-state index contributed by atoms with van der Waals surface area (Å²) >= 11 is 3.70. The highest BCUT2D eigenvalue weighted by molar-refractivity contribution is 7.78. The number of carbonyl (C=O) groups excluding carboxylic acids is 5. The molecule has 6 atom stereocenters. The molecule has 0 aromatic rings. The third-order valence-electron chi connectivity index (χ3n) is 5.35. The maximum Gasteiger partial charge on any atom is 0.305 e. The van der Waals surface area contributed by atoms with Gasteiger partial charge in [0.2, 0.25) is 18.1 Å². The van der Waals surface area contributed by atoms with E-state index in [2.05, 4.69) is 28.2 Å². The Morgan fingerprint density at radius 1 is 1.03 bits per heavy atom. The molecule has 3 N–H and O–H groups in total. The smallest absolute Gasteiger partial charge is 0.305 e. The molecule has 0 aliphatic carbocycles. The van der Waals surface area contributed by atoms with Gasteiger partial charge in [-0.05, 0) is 24.7 Å². The summed E-state index contributed by atoms with van der Waals surface area (Å²) in [4.78, 5) is 58.3. The minimum Gasteiger partial charge on any atom is -0.463 e. The predicted octanol–water partition coefficient (Wildman–Crippen LogP) is 0.231. The van der Waals surface area contributed by atoms with Gasteiger partial charge in [-0.3, -0.25) is 24.0 Å². The van der Waals surface area contributed by atoms with Gasteiger partial charge < -0.3 is 29.6 Å². The van der Waals surface area contributed by atoms with E-state index in [-0.39, 0.29) is 43.1 Å². The number of rotatable bonds is 10. The molecule has 12 heteroatoms. The van der Waals surface area contributed by atoms with E-state index in [0.717, 1.165) is 0 Å². The van der Waals surface area contributed by atoms with Crippen molar-refractivity contribution in [3.8, 4) is 0 Å². The Hall–Kier alpha value is -2.34. The second-order valence-electron chi connectivity index (χ2n) is 7.89. The molecule has 32 heavy (non-hydrogen) atoms. The summed E-state index contributed by atoms with van der Waals surface area (Å²) < 4.78 is 18.3. The molecule has 1 aliphatic heterocycles. The van der Waals surface area contributed by atoms with E-state index in [0.29, 0.717) is 6.42 Å². The van der Waals surface area contributed by atoms with Crippen LogP contribution in [0.5, 0.6) is 0 Å². The Bertz CT molecular complexity index is 704. The molecular weight excluding hydrogens is 442 g/mol. The van der Waals surface area contributed by atoms with E-state index in [1.54, 1.807) is 0 Å². The van der Waals surface area contributed by atoms with Crippen molar-refractivity contribution < 1.29 is 38.2 Å². The molecule has 1 rings (SSSR count). The molecule has 182 valence electrons. The first-order valence-electron chi connectivity index (χ1n) is 10.4. The van der Waals surface area contributed by atoms with E-state index in [1.165, 1.54) is 20.8 Å². The summed E-state index contributed by atoms with van der Waals surface area (Å²) in [6.45, 7) is 7.62. The molecule has 1 heterocycles. The van der Waals surface area contributed by atoms with E-state index in [9.17, 15) is 24.0 Å². The van der Waals surface area contributed by atoms with Gasteiger partial charge in [-0.1, -0.05) is 26.7 Å². The summed E-state index contributed by atoms with van der Waals surface area (Å²) in [5, 5.41) is 5.35. The van der Waals surface area contributed by atoms with Crippen molar-refractivity contribution >= 4 is 42.5 Å². The van der Waals surface area contributed by atoms with Crippen molar-refractivity contribution in [3.05, 3.63) is 0 Å². The predicted molar refractivity (Wildman–Crippen MR) is 116 cm³/mol. The minimum atomic E-state index is -1.04. The molecule has 0 aromatic heterocycles. The van der Waals surface area contributed by atoms with Crippen LogP contribution in [0.2, 0.25) is 0 Å². The lowest BCUT2D eigenvalue weighted by molar-refractivity contribution is -0.238. The number of nitrogens with one attached hydrogen (secondary N) is 3. The largest absolute Gasteiger partial charge is 0.463 e. The summed E-state index contributed by atoms with van der Waals surface area (Å²) in [6.07, 6.45) is -0.889. The van der Waals surface area contributed by atoms with Crippen molar-refractivity contribution in [3.63, 3.8) is 0 Å². The zero-order chi connectivity index (χ0) is 24.4. The lowest BCUT2D eigenvalue weighted by atomic mass is 9.82. The fourth-order valence-electron chi connectivity index (χ4n) is 3.47. The number of ether oxygens (including phenoxy) is 3. The lowest BCUT2D eigenvalue weighted by Gasteiger charge is -2.44. The van der Waals surface area contributed by atoms with Gasteiger partial charge >= 0.3 is 11.9 Å². The van der Waals surface area contributed by atoms with Crippen molar-refractivity contribution in [2.45, 2.75) is 78.4 Å². The van der Waals surface area contributed by atoms with Gasteiger partial charge in [0.15, 0.2) is 0 Å². The molecule has 6 unspecified atom stereocenters. The number of hydrogen-bond donors (Lipinski definition) is 4. The van der Waals surface area contributed by atoms with Crippen molar-refractivity contribution in [1.82, 2.24) is 15.4 Å². The Kier molecular flexibility index (Phi) is 11.5. The lowest BCUT2D eigenvalue weighted by Crippen LogP contribution is -2.59. The molecule has 0 spiro atoms. The Morgan fingerprint density at radius 2 is 1.69 bits per heavy atom. The second-order valence-corrected chi connectivity index (χ2v) is 8.11. The van der Waals surface area contributed by atoms with Crippen molar-refractivity contribution in [1.29, 1.82) is 0 Å². The molecule has 0 saturated carbocycles. The van der Waals surface area contributed by atoms with Gasteiger partial charge in [0.05, 0.1) is 12.1 Å². The van der Waals surface area contributed by atoms with Gasteiger partial charge in [-0.2, -0.15) is 0 Å². The van der Waals surface area contributed by atoms with Crippen LogP contribution in [0.3, 0.4) is 0 Å². The number of esters is 2. The molecule has 1 saturated heterocycles. The summed E-state index contributed by atoms with van der Waals surface area (Å²) in [5.41, 5.74) is 0. The molecule has 0 aromatic carbocycles. The van der Waals surface area contributed by atoms with Crippen LogP contribution < -0.4 is 15.4 Å². The summed E-state index contributed by atoms with van der Waals surface area (Å²) in [6, 6.07) is -1.41. The van der Waals surface area contributed by atoms with Crippen molar-refractivity contribution in [2.75, 3.05) is 6.61 Å². The first kappa shape index (κ1) is 27.7. The molecule has 0 radical (unpaired) electrons. The normalized spacial score (nSPS) is 25.8. The Morgan fingerprint density at radius 3 is 2.22 bits per heavy atom. The highest BCUT2D eigenvalue weighted by Gasteiger charge is 2.44. The average molecular weight is 476 g/mol. The van der Waals surface area contributed by atoms with Crippen LogP contribution >= 0.6 is 12.8 Å². The molecule has 1 fully saturated rings. The minimum absolute atomic E-state index is 0.0109. The number of amides is 3. The zero-order valence-corrected chi connectivity index (χ0v) is 19.9. The molecule has 0 bridgehead atoms. The van der Waals surface area contributed by atoms with Crippen LogP contribution in [0.15, 0.2) is 0 Å². The molecular formula is C20H33N3O8S.